The third-order valence-electron chi connectivity index (χ3n) is 3.28. The van der Waals surface area contributed by atoms with Crippen molar-refractivity contribution in [3.63, 3.8) is 0 Å². The van der Waals surface area contributed by atoms with Crippen molar-refractivity contribution in [1.82, 2.24) is 14.8 Å². The second kappa shape index (κ2) is 6.98. The van der Waals surface area contributed by atoms with Crippen molar-refractivity contribution in [2.45, 2.75) is 25.9 Å². The van der Waals surface area contributed by atoms with Crippen molar-refractivity contribution in [2.24, 2.45) is 0 Å². The Morgan fingerprint density at radius 1 is 1.47 bits per heavy atom. The fraction of sp³-hybridized carbons (Fsp3) is 0.692. The number of thiazole rings is 1. The van der Waals surface area contributed by atoms with Gasteiger partial charge in [-0.2, -0.15) is 0 Å². The summed E-state index contributed by atoms with van der Waals surface area (Å²) in [4.78, 5) is 20.4. The van der Waals surface area contributed by atoms with Crippen LogP contribution in [0.1, 0.15) is 18.4 Å². The molecule has 2 heterocycles. The number of amides is 1. The van der Waals surface area contributed by atoms with Gasteiger partial charge in [0.05, 0.1) is 11.1 Å². The van der Waals surface area contributed by atoms with Gasteiger partial charge in [0.25, 0.3) is 0 Å². The van der Waals surface area contributed by atoms with Crippen molar-refractivity contribution in [2.75, 3.05) is 32.7 Å². The molecule has 0 bridgehead atoms. The summed E-state index contributed by atoms with van der Waals surface area (Å²) in [6.07, 6.45) is 2.76. The van der Waals surface area contributed by atoms with Crippen LogP contribution in [0.4, 0.5) is 0 Å². The number of hydrogen-bond acceptors (Lipinski definition) is 5. The Balaban J connectivity index is 1.70. The van der Waals surface area contributed by atoms with Crippen molar-refractivity contribution >= 4 is 17.2 Å². The van der Waals surface area contributed by atoms with E-state index in [1.165, 1.54) is 0 Å². The largest absolute Gasteiger partial charge is 0.392 e. The number of carbonyl (C=O) groups excluding carboxylic acids is 1. The zero-order valence-corrected chi connectivity index (χ0v) is 12.1. The normalized spacial score (nSPS) is 18.5. The van der Waals surface area contributed by atoms with E-state index in [2.05, 4.69) is 9.88 Å². The molecule has 0 aromatic carbocycles. The van der Waals surface area contributed by atoms with Crippen LogP contribution in [0.5, 0.6) is 0 Å². The molecular weight excluding hydrogens is 262 g/mol. The minimum absolute atomic E-state index is 0.215. The SMILES string of the molecule is C[C@H](O)CN1CCN(C(=O)CCc2nccs2)CC1. The number of aryl methyl sites for hydroxylation is 1. The lowest BCUT2D eigenvalue weighted by Crippen LogP contribution is -2.50. The number of carbonyl (C=O) groups is 1. The summed E-state index contributed by atoms with van der Waals surface area (Å²) < 4.78 is 0. The highest BCUT2D eigenvalue weighted by Crippen LogP contribution is 2.10. The summed E-state index contributed by atoms with van der Waals surface area (Å²) in [7, 11) is 0. The van der Waals surface area contributed by atoms with E-state index < -0.39 is 0 Å². The molecule has 1 N–H and O–H groups in total. The van der Waals surface area contributed by atoms with Gasteiger partial charge in [0, 0.05) is 57.1 Å². The molecule has 0 aliphatic carbocycles. The Morgan fingerprint density at radius 2 is 2.21 bits per heavy atom. The van der Waals surface area contributed by atoms with Crippen LogP contribution in [0.2, 0.25) is 0 Å². The summed E-state index contributed by atoms with van der Waals surface area (Å²) in [6.45, 7) is 5.74. The van der Waals surface area contributed by atoms with E-state index in [0.717, 1.165) is 37.6 Å². The van der Waals surface area contributed by atoms with Crippen LogP contribution in [-0.4, -0.2) is 64.6 Å². The molecule has 0 saturated carbocycles. The molecule has 1 atom stereocenters. The lowest BCUT2D eigenvalue weighted by atomic mass is 10.2. The minimum Gasteiger partial charge on any atom is -0.392 e. The van der Waals surface area contributed by atoms with Crippen LogP contribution in [-0.2, 0) is 11.2 Å². The zero-order valence-electron chi connectivity index (χ0n) is 11.3. The molecule has 1 aliphatic heterocycles. The standard InChI is InChI=1S/C13H21N3O2S/c1-11(17)10-15-5-7-16(8-6-15)13(18)3-2-12-14-4-9-19-12/h4,9,11,17H,2-3,5-8,10H2,1H3/t11-/m0/s1. The fourth-order valence-electron chi connectivity index (χ4n) is 2.30. The first kappa shape index (κ1) is 14.4. The maximum absolute atomic E-state index is 12.1. The molecule has 1 aromatic heterocycles. The molecule has 1 aromatic rings. The van der Waals surface area contributed by atoms with Crippen LogP contribution in [0.15, 0.2) is 11.6 Å². The maximum Gasteiger partial charge on any atom is 0.223 e. The van der Waals surface area contributed by atoms with Crippen molar-refractivity contribution in [1.29, 1.82) is 0 Å². The maximum atomic E-state index is 12.1. The number of rotatable bonds is 5. The Kier molecular flexibility index (Phi) is 5.30. The third-order valence-corrected chi connectivity index (χ3v) is 4.12. The van der Waals surface area contributed by atoms with Gasteiger partial charge in [-0.05, 0) is 6.92 Å². The van der Waals surface area contributed by atoms with Crippen LogP contribution in [0, 0.1) is 0 Å². The van der Waals surface area contributed by atoms with Gasteiger partial charge in [0.2, 0.25) is 5.91 Å². The summed E-state index contributed by atoms with van der Waals surface area (Å²) >= 11 is 1.60. The number of piperazine rings is 1. The van der Waals surface area contributed by atoms with Gasteiger partial charge < -0.3 is 10.0 Å². The molecule has 19 heavy (non-hydrogen) atoms. The van der Waals surface area contributed by atoms with Gasteiger partial charge >= 0.3 is 0 Å². The van der Waals surface area contributed by atoms with E-state index in [9.17, 15) is 9.90 Å². The summed E-state index contributed by atoms with van der Waals surface area (Å²) in [5.41, 5.74) is 0. The van der Waals surface area contributed by atoms with E-state index in [1.807, 2.05) is 10.3 Å². The summed E-state index contributed by atoms with van der Waals surface area (Å²) in [6, 6.07) is 0. The highest BCUT2D eigenvalue weighted by Gasteiger charge is 2.21. The zero-order chi connectivity index (χ0) is 13.7. The van der Waals surface area contributed by atoms with Gasteiger partial charge in [-0.15, -0.1) is 11.3 Å². The molecule has 106 valence electrons. The molecular formula is C13H21N3O2S. The second-order valence-electron chi connectivity index (χ2n) is 4.96. The molecule has 1 amide bonds. The molecule has 1 fully saturated rings. The van der Waals surface area contributed by atoms with E-state index >= 15 is 0 Å². The van der Waals surface area contributed by atoms with Crippen LogP contribution in [0.25, 0.3) is 0 Å². The predicted octanol–water partition coefficient (Wildman–Crippen LogP) is 0.601. The Hall–Kier alpha value is -0.980. The van der Waals surface area contributed by atoms with Crippen molar-refractivity contribution in [3.8, 4) is 0 Å². The average Bonchev–Trinajstić information content (AvgIpc) is 2.89. The van der Waals surface area contributed by atoms with E-state index in [0.29, 0.717) is 13.0 Å². The molecule has 6 heteroatoms. The van der Waals surface area contributed by atoms with Crippen LogP contribution >= 0.6 is 11.3 Å². The lowest BCUT2D eigenvalue weighted by molar-refractivity contribution is -0.133. The van der Waals surface area contributed by atoms with Gasteiger partial charge in [-0.25, -0.2) is 4.98 Å². The van der Waals surface area contributed by atoms with Crippen molar-refractivity contribution < 1.29 is 9.90 Å². The van der Waals surface area contributed by atoms with Crippen molar-refractivity contribution in [3.05, 3.63) is 16.6 Å². The molecule has 2 rings (SSSR count). The molecule has 1 aliphatic rings. The molecule has 1 saturated heterocycles. The van der Waals surface area contributed by atoms with Crippen LogP contribution < -0.4 is 0 Å². The first-order chi connectivity index (χ1) is 9.15. The summed E-state index contributed by atoms with van der Waals surface area (Å²) in [5, 5.41) is 12.3. The first-order valence-corrected chi connectivity index (χ1v) is 7.59. The number of nitrogens with zero attached hydrogens (tertiary/aromatic N) is 3. The molecule has 0 unspecified atom stereocenters. The molecule has 0 spiro atoms. The number of aliphatic hydroxyl groups excluding tert-OH is 1. The van der Waals surface area contributed by atoms with E-state index in [-0.39, 0.29) is 12.0 Å². The van der Waals surface area contributed by atoms with E-state index in [1.54, 1.807) is 24.5 Å². The number of aromatic nitrogens is 1. The van der Waals surface area contributed by atoms with Gasteiger partial charge in [0.1, 0.15) is 0 Å². The van der Waals surface area contributed by atoms with E-state index in [4.69, 9.17) is 0 Å². The average molecular weight is 283 g/mol. The predicted molar refractivity (Wildman–Crippen MR) is 75.1 cm³/mol. The topological polar surface area (TPSA) is 56.7 Å². The lowest BCUT2D eigenvalue weighted by Gasteiger charge is -2.35. The summed E-state index contributed by atoms with van der Waals surface area (Å²) in [5.74, 6) is 0.215. The Bertz CT molecular complexity index is 387. The Labute approximate surface area is 117 Å². The monoisotopic (exact) mass is 283 g/mol. The highest BCUT2D eigenvalue weighted by atomic mass is 32.1. The minimum atomic E-state index is -0.299. The van der Waals surface area contributed by atoms with Gasteiger partial charge in [-0.3, -0.25) is 9.69 Å². The first-order valence-electron chi connectivity index (χ1n) is 6.71. The quantitative estimate of drug-likeness (QED) is 0.860. The van der Waals surface area contributed by atoms with Crippen LogP contribution in [0.3, 0.4) is 0 Å². The Morgan fingerprint density at radius 3 is 2.79 bits per heavy atom. The second-order valence-corrected chi connectivity index (χ2v) is 5.94. The van der Waals surface area contributed by atoms with Gasteiger partial charge in [-0.1, -0.05) is 0 Å². The van der Waals surface area contributed by atoms with Gasteiger partial charge in [0.15, 0.2) is 0 Å². The highest BCUT2D eigenvalue weighted by molar-refractivity contribution is 7.09. The smallest absolute Gasteiger partial charge is 0.223 e. The molecule has 5 nitrogen and oxygen atoms in total. The fourth-order valence-corrected chi connectivity index (χ4v) is 2.92. The molecule has 0 radical (unpaired) electrons. The number of hydrogen-bond donors (Lipinski definition) is 1. The number of β-amino-alcohol motifs (C(OH)–C–C–N with tert-alkyl or cyclic N) is 1. The number of aliphatic hydroxyl groups is 1. The third kappa shape index (κ3) is 4.56.